The molecule has 0 spiro atoms. The first-order valence-corrected chi connectivity index (χ1v) is 7.48. The maximum Gasteiger partial charge on any atom is 0.203 e. The number of methoxy groups -OCH3 is 3. The van der Waals surface area contributed by atoms with Crippen molar-refractivity contribution in [1.29, 1.82) is 0 Å². The number of halogens is 2. The minimum atomic E-state index is -0.365. The summed E-state index contributed by atoms with van der Waals surface area (Å²) in [4.78, 5) is 0.891. The van der Waals surface area contributed by atoms with Crippen molar-refractivity contribution in [3.05, 3.63) is 39.0 Å². The second-order valence-corrected chi connectivity index (χ2v) is 5.75. The standard InChI is InChI=1S/C14H14Cl2O3S/c1-17-10-6-8(7-11(18-2)13(10)19-3)12(16)14-9(15)4-5-20-14/h4-7,12H,1-3H3. The number of ether oxygens (including phenoxy) is 3. The van der Waals surface area contributed by atoms with Gasteiger partial charge in [0.25, 0.3) is 0 Å². The molecule has 0 radical (unpaired) electrons. The van der Waals surface area contributed by atoms with Crippen molar-refractivity contribution in [2.24, 2.45) is 0 Å². The Kier molecular flexibility index (Phi) is 5.02. The molecule has 0 N–H and O–H groups in total. The van der Waals surface area contributed by atoms with E-state index >= 15 is 0 Å². The first kappa shape index (κ1) is 15.3. The van der Waals surface area contributed by atoms with E-state index in [0.717, 1.165) is 10.4 Å². The van der Waals surface area contributed by atoms with Gasteiger partial charge in [-0.15, -0.1) is 22.9 Å². The zero-order valence-corrected chi connectivity index (χ0v) is 13.6. The van der Waals surface area contributed by atoms with Gasteiger partial charge in [0.2, 0.25) is 5.75 Å². The fraction of sp³-hybridized carbons (Fsp3) is 0.286. The van der Waals surface area contributed by atoms with E-state index in [1.807, 2.05) is 23.6 Å². The van der Waals surface area contributed by atoms with Crippen LogP contribution in [0.4, 0.5) is 0 Å². The Bertz CT molecular complexity index is 573. The minimum Gasteiger partial charge on any atom is -0.493 e. The Hall–Kier alpha value is -1.10. The summed E-state index contributed by atoms with van der Waals surface area (Å²) in [6, 6.07) is 5.49. The fourth-order valence-corrected chi connectivity index (χ4v) is 3.51. The van der Waals surface area contributed by atoms with Crippen LogP contribution in [0.25, 0.3) is 0 Å². The SMILES string of the molecule is COc1cc(C(Cl)c2sccc2Cl)cc(OC)c1OC. The summed E-state index contributed by atoms with van der Waals surface area (Å²) in [6.07, 6.45) is 0. The Labute approximate surface area is 132 Å². The molecule has 0 saturated heterocycles. The Morgan fingerprint density at radius 3 is 2.05 bits per heavy atom. The third kappa shape index (κ3) is 2.82. The summed E-state index contributed by atoms with van der Waals surface area (Å²) in [7, 11) is 4.71. The lowest BCUT2D eigenvalue weighted by atomic mass is 10.1. The Morgan fingerprint density at radius 1 is 1.05 bits per heavy atom. The van der Waals surface area contributed by atoms with Crippen LogP contribution in [0, 0.1) is 0 Å². The zero-order chi connectivity index (χ0) is 14.7. The zero-order valence-electron chi connectivity index (χ0n) is 11.3. The molecule has 0 saturated carbocycles. The summed E-state index contributed by atoms with van der Waals surface area (Å²) < 4.78 is 15.9. The lowest BCUT2D eigenvalue weighted by molar-refractivity contribution is 0.324. The van der Waals surface area contributed by atoms with Gasteiger partial charge in [0.15, 0.2) is 11.5 Å². The highest BCUT2D eigenvalue weighted by Gasteiger charge is 2.21. The lowest BCUT2D eigenvalue weighted by Gasteiger charge is -2.16. The van der Waals surface area contributed by atoms with E-state index in [-0.39, 0.29) is 5.38 Å². The first-order chi connectivity index (χ1) is 9.62. The predicted octanol–water partition coefficient (Wildman–Crippen LogP) is 4.76. The molecule has 1 aromatic heterocycles. The summed E-state index contributed by atoms with van der Waals surface area (Å²) >= 11 is 14.1. The van der Waals surface area contributed by atoms with Gasteiger partial charge in [-0.3, -0.25) is 0 Å². The molecular formula is C14H14Cl2O3S. The van der Waals surface area contributed by atoms with E-state index in [1.54, 1.807) is 21.3 Å². The van der Waals surface area contributed by atoms with Crippen LogP contribution in [-0.4, -0.2) is 21.3 Å². The largest absolute Gasteiger partial charge is 0.493 e. The number of thiophene rings is 1. The summed E-state index contributed by atoms with van der Waals surface area (Å²) in [6.45, 7) is 0. The van der Waals surface area contributed by atoms with Gasteiger partial charge in [-0.25, -0.2) is 0 Å². The van der Waals surface area contributed by atoms with Gasteiger partial charge in [-0.1, -0.05) is 11.6 Å². The molecule has 0 aliphatic rings. The highest BCUT2D eigenvalue weighted by molar-refractivity contribution is 7.11. The quantitative estimate of drug-likeness (QED) is 0.739. The molecule has 3 nitrogen and oxygen atoms in total. The van der Waals surface area contributed by atoms with Crippen molar-refractivity contribution in [2.75, 3.05) is 21.3 Å². The molecule has 2 rings (SSSR count). The molecule has 1 heterocycles. The lowest BCUT2D eigenvalue weighted by Crippen LogP contribution is -1.99. The van der Waals surface area contributed by atoms with Crippen LogP contribution in [0.3, 0.4) is 0 Å². The van der Waals surface area contributed by atoms with Crippen LogP contribution in [0.15, 0.2) is 23.6 Å². The van der Waals surface area contributed by atoms with Gasteiger partial charge < -0.3 is 14.2 Å². The maximum atomic E-state index is 6.51. The third-order valence-electron chi connectivity index (χ3n) is 2.85. The van der Waals surface area contributed by atoms with E-state index in [2.05, 4.69) is 0 Å². The van der Waals surface area contributed by atoms with Gasteiger partial charge in [-0.2, -0.15) is 0 Å². The van der Waals surface area contributed by atoms with E-state index in [4.69, 9.17) is 37.4 Å². The molecule has 1 aromatic carbocycles. The average Bonchev–Trinajstić information content (AvgIpc) is 2.90. The Balaban J connectivity index is 2.49. The van der Waals surface area contributed by atoms with Gasteiger partial charge in [0.1, 0.15) is 0 Å². The van der Waals surface area contributed by atoms with Crippen molar-refractivity contribution < 1.29 is 14.2 Å². The molecule has 0 amide bonds. The molecule has 0 bridgehead atoms. The number of benzene rings is 1. The molecule has 2 aromatic rings. The maximum absolute atomic E-state index is 6.51. The van der Waals surface area contributed by atoms with Gasteiger partial charge in [0, 0.05) is 4.88 Å². The van der Waals surface area contributed by atoms with Crippen LogP contribution in [0.1, 0.15) is 15.8 Å². The molecular weight excluding hydrogens is 319 g/mol. The van der Waals surface area contributed by atoms with Gasteiger partial charge in [0.05, 0.1) is 31.7 Å². The van der Waals surface area contributed by atoms with Crippen molar-refractivity contribution in [3.63, 3.8) is 0 Å². The molecule has 1 unspecified atom stereocenters. The van der Waals surface area contributed by atoms with E-state index in [1.165, 1.54) is 11.3 Å². The van der Waals surface area contributed by atoms with Gasteiger partial charge in [-0.05, 0) is 29.1 Å². The summed E-state index contributed by atoms with van der Waals surface area (Å²) in [5.41, 5.74) is 0.838. The third-order valence-corrected chi connectivity index (χ3v) is 4.88. The highest BCUT2D eigenvalue weighted by atomic mass is 35.5. The smallest absolute Gasteiger partial charge is 0.203 e. The normalized spacial score (nSPS) is 12.1. The first-order valence-electron chi connectivity index (χ1n) is 5.79. The van der Waals surface area contributed by atoms with Crippen LogP contribution < -0.4 is 14.2 Å². The number of alkyl halides is 1. The van der Waals surface area contributed by atoms with Crippen molar-refractivity contribution in [1.82, 2.24) is 0 Å². The molecule has 6 heteroatoms. The van der Waals surface area contributed by atoms with Crippen LogP contribution in [0.2, 0.25) is 5.02 Å². The number of hydrogen-bond acceptors (Lipinski definition) is 4. The topological polar surface area (TPSA) is 27.7 Å². The molecule has 1 atom stereocenters. The molecule has 108 valence electrons. The highest BCUT2D eigenvalue weighted by Crippen LogP contribution is 2.44. The number of hydrogen-bond donors (Lipinski definition) is 0. The summed E-state index contributed by atoms with van der Waals surface area (Å²) in [5.74, 6) is 1.68. The van der Waals surface area contributed by atoms with Crippen molar-refractivity contribution in [3.8, 4) is 17.2 Å². The molecule has 0 aliphatic carbocycles. The molecule has 0 fully saturated rings. The predicted molar refractivity (Wildman–Crippen MR) is 83.1 cm³/mol. The van der Waals surface area contributed by atoms with E-state index < -0.39 is 0 Å². The molecule has 20 heavy (non-hydrogen) atoms. The molecule has 0 aliphatic heterocycles. The van der Waals surface area contributed by atoms with E-state index in [9.17, 15) is 0 Å². The van der Waals surface area contributed by atoms with Crippen molar-refractivity contribution in [2.45, 2.75) is 5.38 Å². The van der Waals surface area contributed by atoms with Crippen LogP contribution in [-0.2, 0) is 0 Å². The second kappa shape index (κ2) is 6.57. The number of rotatable bonds is 5. The van der Waals surface area contributed by atoms with Crippen LogP contribution >= 0.6 is 34.5 Å². The van der Waals surface area contributed by atoms with Crippen molar-refractivity contribution >= 4 is 34.5 Å². The van der Waals surface area contributed by atoms with Gasteiger partial charge >= 0.3 is 0 Å². The minimum absolute atomic E-state index is 0.365. The fourth-order valence-electron chi connectivity index (χ4n) is 1.89. The van der Waals surface area contributed by atoms with Crippen LogP contribution in [0.5, 0.6) is 17.2 Å². The van der Waals surface area contributed by atoms with E-state index in [0.29, 0.717) is 22.3 Å². The Morgan fingerprint density at radius 2 is 1.65 bits per heavy atom. The monoisotopic (exact) mass is 332 g/mol. The summed E-state index contributed by atoms with van der Waals surface area (Å²) in [5, 5.41) is 2.20. The second-order valence-electron chi connectivity index (χ2n) is 3.95. The average molecular weight is 333 g/mol.